The molecule has 0 aliphatic heterocycles. The third-order valence-corrected chi connectivity index (χ3v) is 4.64. The van der Waals surface area contributed by atoms with Gasteiger partial charge in [-0.2, -0.15) is 0 Å². The standard InChI is InChI=1S/C21H27FN4S/c1-15(2)19-12-18(22)8-10-21(19)24-14-26(6)27-25(5)13-23-20-9-7-16(3)11-17(20)4/h7-15H,1-6H3. The van der Waals surface area contributed by atoms with Gasteiger partial charge in [0.2, 0.25) is 0 Å². The fraction of sp³-hybridized carbons (Fsp3) is 0.333. The van der Waals surface area contributed by atoms with E-state index in [1.54, 1.807) is 24.8 Å². The molecule has 0 radical (unpaired) electrons. The van der Waals surface area contributed by atoms with Crippen molar-refractivity contribution in [3.8, 4) is 0 Å². The number of aliphatic imine (C=N–C) groups is 2. The molecule has 0 fully saturated rings. The van der Waals surface area contributed by atoms with Crippen LogP contribution in [0.1, 0.15) is 36.5 Å². The van der Waals surface area contributed by atoms with Crippen LogP contribution in [-0.4, -0.2) is 35.4 Å². The Hall–Kier alpha value is -2.34. The number of aryl methyl sites for hydroxylation is 2. The summed E-state index contributed by atoms with van der Waals surface area (Å²) in [5.41, 5.74) is 5.01. The molecule has 0 saturated carbocycles. The SMILES string of the molecule is Cc1ccc(N=CN(C)SN(C)C=Nc2ccc(F)cc2C(C)C)c(C)c1. The molecule has 0 unspecified atom stereocenters. The van der Waals surface area contributed by atoms with Gasteiger partial charge in [0.25, 0.3) is 0 Å². The van der Waals surface area contributed by atoms with Gasteiger partial charge in [0, 0.05) is 14.1 Å². The van der Waals surface area contributed by atoms with Crippen molar-refractivity contribution in [3.63, 3.8) is 0 Å². The lowest BCUT2D eigenvalue weighted by Crippen LogP contribution is -2.16. The Morgan fingerprint density at radius 2 is 1.52 bits per heavy atom. The topological polar surface area (TPSA) is 31.2 Å². The number of halogens is 1. The summed E-state index contributed by atoms with van der Waals surface area (Å²) in [7, 11) is 3.84. The zero-order valence-electron chi connectivity index (χ0n) is 16.8. The maximum atomic E-state index is 13.5. The van der Waals surface area contributed by atoms with Crippen molar-refractivity contribution in [3.05, 3.63) is 58.9 Å². The molecule has 0 aliphatic rings. The minimum absolute atomic E-state index is 0.207. The molecule has 0 atom stereocenters. The van der Waals surface area contributed by atoms with Gasteiger partial charge < -0.3 is 0 Å². The lowest BCUT2D eigenvalue weighted by molar-refractivity contribution is 0.623. The Bertz CT molecular complexity index is 833. The molecule has 0 aliphatic carbocycles. The van der Waals surface area contributed by atoms with Crippen molar-refractivity contribution in [1.29, 1.82) is 0 Å². The molecule has 6 heteroatoms. The lowest BCUT2D eigenvalue weighted by Gasteiger charge is -2.18. The summed E-state index contributed by atoms with van der Waals surface area (Å²) in [6.07, 6.45) is 3.51. The van der Waals surface area contributed by atoms with Crippen molar-refractivity contribution in [2.45, 2.75) is 33.6 Å². The van der Waals surface area contributed by atoms with Gasteiger partial charge in [-0.25, -0.2) is 14.4 Å². The molecule has 144 valence electrons. The minimum Gasteiger partial charge on any atom is -0.292 e. The zero-order chi connectivity index (χ0) is 20.0. The molecule has 0 spiro atoms. The number of nitrogens with zero attached hydrogens (tertiary/aromatic N) is 4. The van der Waals surface area contributed by atoms with Crippen LogP contribution >= 0.6 is 12.1 Å². The monoisotopic (exact) mass is 386 g/mol. The van der Waals surface area contributed by atoms with Crippen LogP contribution in [0, 0.1) is 19.7 Å². The highest BCUT2D eigenvalue weighted by atomic mass is 32.2. The summed E-state index contributed by atoms with van der Waals surface area (Å²) >= 11 is 1.46. The molecule has 0 saturated heterocycles. The van der Waals surface area contributed by atoms with Crippen LogP contribution in [0.2, 0.25) is 0 Å². The van der Waals surface area contributed by atoms with Gasteiger partial charge >= 0.3 is 0 Å². The summed E-state index contributed by atoms with van der Waals surface area (Å²) in [6.45, 7) is 8.19. The van der Waals surface area contributed by atoms with Crippen LogP contribution in [-0.2, 0) is 0 Å². The van der Waals surface area contributed by atoms with Crippen LogP contribution < -0.4 is 0 Å². The highest BCUT2D eigenvalue weighted by Gasteiger charge is 2.07. The molecule has 2 aromatic carbocycles. The van der Waals surface area contributed by atoms with Crippen LogP contribution in [0.15, 0.2) is 46.4 Å². The molecule has 2 aromatic rings. The van der Waals surface area contributed by atoms with E-state index in [0.29, 0.717) is 0 Å². The van der Waals surface area contributed by atoms with Crippen molar-refractivity contribution in [1.82, 2.24) is 8.61 Å². The lowest BCUT2D eigenvalue weighted by atomic mass is 10.0. The van der Waals surface area contributed by atoms with E-state index in [9.17, 15) is 4.39 Å². The summed E-state index contributed by atoms with van der Waals surface area (Å²) in [6, 6.07) is 10.9. The predicted octanol–water partition coefficient (Wildman–Crippen LogP) is 6.01. The highest BCUT2D eigenvalue weighted by molar-refractivity contribution is 7.95. The van der Waals surface area contributed by atoms with Crippen LogP contribution in [0.25, 0.3) is 0 Å². The first-order valence-electron chi connectivity index (χ1n) is 8.85. The molecule has 0 heterocycles. The Morgan fingerprint density at radius 3 is 2.11 bits per heavy atom. The summed E-state index contributed by atoms with van der Waals surface area (Å²) in [5.74, 6) is -0.0268. The minimum atomic E-state index is -0.234. The van der Waals surface area contributed by atoms with Crippen LogP contribution in [0.5, 0.6) is 0 Å². The smallest absolute Gasteiger partial charge is 0.123 e. The number of rotatable bonds is 7. The van der Waals surface area contributed by atoms with Gasteiger partial charge in [0.1, 0.15) is 18.5 Å². The van der Waals surface area contributed by atoms with Gasteiger partial charge in [0.05, 0.1) is 23.5 Å². The first-order chi connectivity index (χ1) is 12.8. The van der Waals surface area contributed by atoms with Gasteiger partial charge in [-0.05, 0) is 55.2 Å². The second kappa shape index (κ2) is 9.55. The van der Waals surface area contributed by atoms with E-state index in [-0.39, 0.29) is 11.7 Å². The van der Waals surface area contributed by atoms with E-state index in [0.717, 1.165) is 22.5 Å². The second-order valence-corrected chi connectivity index (χ2v) is 8.13. The fourth-order valence-corrected chi connectivity index (χ4v) is 3.17. The number of hydrogen-bond acceptors (Lipinski definition) is 3. The zero-order valence-corrected chi connectivity index (χ0v) is 17.6. The average Bonchev–Trinajstić information content (AvgIpc) is 2.59. The number of benzene rings is 2. The largest absolute Gasteiger partial charge is 0.292 e. The van der Waals surface area contributed by atoms with E-state index < -0.39 is 0 Å². The van der Waals surface area contributed by atoms with E-state index in [2.05, 4.69) is 36.0 Å². The number of hydrogen-bond donors (Lipinski definition) is 0. The molecule has 0 N–H and O–H groups in total. The maximum absolute atomic E-state index is 13.5. The van der Waals surface area contributed by atoms with E-state index >= 15 is 0 Å². The van der Waals surface area contributed by atoms with Gasteiger partial charge in [-0.1, -0.05) is 31.5 Å². The second-order valence-electron chi connectivity index (χ2n) is 6.81. The molecule has 0 aromatic heterocycles. The normalized spacial score (nSPS) is 11.7. The van der Waals surface area contributed by atoms with Gasteiger partial charge in [-0.15, -0.1) is 0 Å². The molecule has 0 amide bonds. The molecular formula is C21H27FN4S. The quantitative estimate of drug-likeness (QED) is 0.332. The van der Waals surface area contributed by atoms with Crippen molar-refractivity contribution < 1.29 is 4.39 Å². The Balaban J connectivity index is 1.99. The van der Waals surface area contributed by atoms with Crippen molar-refractivity contribution >= 4 is 36.2 Å². The predicted molar refractivity (Wildman–Crippen MR) is 116 cm³/mol. The summed E-state index contributed by atoms with van der Waals surface area (Å²) in [5, 5.41) is 0. The first-order valence-corrected chi connectivity index (χ1v) is 9.58. The molecule has 0 bridgehead atoms. The van der Waals surface area contributed by atoms with Crippen LogP contribution in [0.3, 0.4) is 0 Å². The van der Waals surface area contributed by atoms with E-state index in [4.69, 9.17) is 0 Å². The molecule has 27 heavy (non-hydrogen) atoms. The van der Waals surface area contributed by atoms with Crippen LogP contribution in [0.4, 0.5) is 15.8 Å². The molecular weight excluding hydrogens is 359 g/mol. The molecule has 2 rings (SSSR count). The fourth-order valence-electron chi connectivity index (χ4n) is 2.59. The Labute approximate surface area is 166 Å². The molecule has 4 nitrogen and oxygen atoms in total. The van der Waals surface area contributed by atoms with Crippen molar-refractivity contribution in [2.24, 2.45) is 9.98 Å². The van der Waals surface area contributed by atoms with Gasteiger partial charge in [-0.3, -0.25) is 8.61 Å². The average molecular weight is 387 g/mol. The van der Waals surface area contributed by atoms with Crippen molar-refractivity contribution in [2.75, 3.05) is 14.1 Å². The van der Waals surface area contributed by atoms with Gasteiger partial charge in [0.15, 0.2) is 0 Å². The maximum Gasteiger partial charge on any atom is 0.123 e. The third-order valence-electron chi connectivity index (χ3n) is 3.94. The third kappa shape index (κ3) is 6.40. The Morgan fingerprint density at radius 1 is 0.926 bits per heavy atom. The first kappa shape index (κ1) is 21.0. The summed E-state index contributed by atoms with van der Waals surface area (Å²) in [4.78, 5) is 9.04. The Kier molecular flexibility index (Phi) is 7.42. The summed E-state index contributed by atoms with van der Waals surface area (Å²) < 4.78 is 17.2. The van der Waals surface area contributed by atoms with E-state index in [1.165, 1.54) is 23.8 Å². The highest BCUT2D eigenvalue weighted by Crippen LogP contribution is 2.27. The van der Waals surface area contributed by atoms with E-state index in [1.807, 2.05) is 42.6 Å².